The third-order valence-corrected chi connectivity index (χ3v) is 17.9. The molecule has 1 aliphatic heterocycles. The maximum atomic E-state index is 15.6. The van der Waals surface area contributed by atoms with Crippen LogP contribution in [-0.2, 0) is 38.1 Å². The molecule has 312 valence electrons. The third-order valence-electron chi connectivity index (χ3n) is 17.9. The van der Waals surface area contributed by atoms with Gasteiger partial charge in [0.05, 0.1) is 21.8 Å². The van der Waals surface area contributed by atoms with E-state index >= 15 is 4.39 Å². The first kappa shape index (κ1) is 39.2. The van der Waals surface area contributed by atoms with Crippen LogP contribution in [-0.4, -0.2) is 63.7 Å². The van der Waals surface area contributed by atoms with E-state index in [4.69, 9.17) is 18.9 Å². The number of halogens is 1. The number of rotatable bonds is 12. The van der Waals surface area contributed by atoms with E-state index in [1.165, 1.54) is 19.3 Å². The summed E-state index contributed by atoms with van der Waals surface area (Å²) in [4.78, 5) is 56.6. The molecule has 0 aromatic rings. The van der Waals surface area contributed by atoms with Gasteiger partial charge in [0.25, 0.3) is 0 Å². The second kappa shape index (κ2) is 12.0. The second-order valence-corrected chi connectivity index (χ2v) is 23.8. The monoisotopic (exact) mass is 782 g/mol. The molecule has 10 bridgehead atoms. The highest BCUT2D eigenvalue weighted by molar-refractivity contribution is 5.85. The Hall–Kier alpha value is -2.23. The molecule has 1 heterocycles. The lowest BCUT2D eigenvalue weighted by atomic mass is 9.46. The van der Waals surface area contributed by atoms with Gasteiger partial charge in [-0.15, -0.1) is 0 Å². The zero-order valence-electron chi connectivity index (χ0n) is 35.2. The van der Waals surface area contributed by atoms with Gasteiger partial charge in [0.2, 0.25) is 5.67 Å². The highest BCUT2D eigenvalue weighted by Gasteiger charge is 2.73. The fraction of sp³-hybridized carbons (Fsp3) is 0.913. The number of hydrogen-bond donors (Lipinski definition) is 1. The minimum atomic E-state index is -2.02. The fourth-order valence-electron chi connectivity index (χ4n) is 16.3. The van der Waals surface area contributed by atoms with E-state index in [1.54, 1.807) is 20.8 Å². The van der Waals surface area contributed by atoms with E-state index < -0.39 is 74.8 Å². The Bertz CT molecular complexity index is 1670. The number of alkyl halides is 1. The second-order valence-electron chi connectivity index (χ2n) is 23.8. The highest BCUT2D eigenvalue weighted by atomic mass is 19.1. The molecule has 0 spiro atoms. The Balaban J connectivity index is 0.979. The van der Waals surface area contributed by atoms with Gasteiger partial charge < -0.3 is 24.1 Å². The summed E-state index contributed by atoms with van der Waals surface area (Å²) in [6, 6.07) is 0. The summed E-state index contributed by atoms with van der Waals surface area (Å²) >= 11 is 0. The number of hydrogen-bond acceptors (Lipinski definition) is 9. The maximum Gasteiger partial charge on any atom is 0.344 e. The number of carbonyl (C=O) groups is 4. The van der Waals surface area contributed by atoms with E-state index in [1.807, 2.05) is 13.8 Å². The summed E-state index contributed by atoms with van der Waals surface area (Å²) in [5.41, 5.74) is -8.13. The molecule has 11 unspecified atom stereocenters. The quantitative estimate of drug-likeness (QED) is 0.154. The first-order valence-electron chi connectivity index (χ1n) is 22.2. The van der Waals surface area contributed by atoms with Crippen molar-refractivity contribution in [1.29, 1.82) is 0 Å². The van der Waals surface area contributed by atoms with Crippen molar-refractivity contribution in [2.75, 3.05) is 0 Å². The number of fused-ring (bicyclic) bond motifs is 1. The van der Waals surface area contributed by atoms with Crippen LogP contribution >= 0.6 is 0 Å². The van der Waals surface area contributed by atoms with Crippen LogP contribution in [0.4, 0.5) is 4.39 Å². The normalized spacial score (nSPS) is 47.4. The van der Waals surface area contributed by atoms with Gasteiger partial charge in [-0.25, -0.2) is 9.18 Å². The zero-order valence-corrected chi connectivity index (χ0v) is 35.2. The van der Waals surface area contributed by atoms with Crippen LogP contribution in [0.1, 0.15) is 165 Å². The summed E-state index contributed by atoms with van der Waals surface area (Å²) < 4.78 is 40.7. The molecular formula is C46H67FO9. The highest BCUT2D eigenvalue weighted by Crippen LogP contribution is 2.66. The molecule has 56 heavy (non-hydrogen) atoms. The Morgan fingerprint density at radius 1 is 0.786 bits per heavy atom. The maximum absolute atomic E-state index is 15.6. The van der Waals surface area contributed by atoms with E-state index in [0.717, 1.165) is 44.9 Å². The van der Waals surface area contributed by atoms with E-state index in [2.05, 4.69) is 20.8 Å². The summed E-state index contributed by atoms with van der Waals surface area (Å²) in [7, 11) is 0. The number of ether oxygens (including phenoxy) is 4. The Kier molecular flexibility index (Phi) is 8.38. The SMILES string of the molecule is CCC(C)(CC(C)(CC(C)(C)C(=O)OC12CC3CC(C)(CC(O)(C3)C1)C2)C(=O)OC1C2CC3C1OC(=O)C3(F)C2)C(=O)OC(C)(C)C12CC3CC(CC(C3)C1)C2. The standard InChI is InChI=1S/C46H67FO9/c1-9-41(7,36(50)55-39(4,5)43-15-26-10-27(16-43)12-28(11-26)17-43)24-42(8,35(49)53-32-30-13-31-33(32)54-37(51)46(31,47)20-30)21-38(2,3)34(48)56-45-19-29-14-40(6,23-45)22-44(52,18-29)25-45/h26-33,52H,9-25H2,1-8H3. The molecular weight excluding hydrogens is 715 g/mol. The average Bonchev–Trinajstić information content (AvgIpc) is 3.62. The molecule has 11 fully saturated rings. The topological polar surface area (TPSA) is 125 Å². The van der Waals surface area contributed by atoms with E-state index in [-0.39, 0.29) is 42.0 Å². The lowest BCUT2D eigenvalue weighted by Gasteiger charge is -2.63. The van der Waals surface area contributed by atoms with Crippen LogP contribution in [0.2, 0.25) is 0 Å². The largest absolute Gasteiger partial charge is 0.459 e. The van der Waals surface area contributed by atoms with Gasteiger partial charge in [-0.2, -0.15) is 0 Å². The predicted octanol–water partition coefficient (Wildman–Crippen LogP) is 8.36. The summed E-state index contributed by atoms with van der Waals surface area (Å²) in [5.74, 6) is -0.862. The van der Waals surface area contributed by atoms with Gasteiger partial charge in [0.15, 0.2) is 0 Å². The van der Waals surface area contributed by atoms with E-state index in [9.17, 15) is 24.3 Å². The van der Waals surface area contributed by atoms with Crippen molar-refractivity contribution >= 4 is 23.9 Å². The van der Waals surface area contributed by atoms with Gasteiger partial charge in [0.1, 0.15) is 23.4 Å². The van der Waals surface area contributed by atoms with Crippen LogP contribution in [0.5, 0.6) is 0 Å². The lowest BCUT2D eigenvalue weighted by molar-refractivity contribution is -0.244. The smallest absolute Gasteiger partial charge is 0.344 e. The van der Waals surface area contributed by atoms with Crippen molar-refractivity contribution in [3.8, 4) is 0 Å². The molecule has 1 saturated heterocycles. The molecule has 11 atom stereocenters. The number of esters is 4. The summed E-state index contributed by atoms with van der Waals surface area (Å²) in [6.07, 6.45) is 10.7. The van der Waals surface area contributed by atoms with Crippen LogP contribution in [0.3, 0.4) is 0 Å². The van der Waals surface area contributed by atoms with Crippen LogP contribution in [0.25, 0.3) is 0 Å². The number of aliphatic hydroxyl groups is 1. The van der Waals surface area contributed by atoms with Gasteiger partial charge in [-0.1, -0.05) is 13.8 Å². The molecule has 0 aromatic carbocycles. The zero-order chi connectivity index (χ0) is 40.3. The summed E-state index contributed by atoms with van der Waals surface area (Å²) in [6.45, 7) is 15.5. The Labute approximate surface area is 332 Å². The van der Waals surface area contributed by atoms with Crippen molar-refractivity contribution in [3.63, 3.8) is 0 Å². The van der Waals surface area contributed by atoms with Crippen molar-refractivity contribution in [2.24, 2.45) is 62.6 Å². The molecule has 0 amide bonds. The van der Waals surface area contributed by atoms with Crippen LogP contribution in [0, 0.1) is 62.6 Å². The first-order valence-corrected chi connectivity index (χ1v) is 22.2. The number of carbonyl (C=O) groups excluding carboxylic acids is 4. The molecule has 11 aliphatic rings. The van der Waals surface area contributed by atoms with Gasteiger partial charge in [0, 0.05) is 23.7 Å². The molecule has 11 rings (SSSR count). The van der Waals surface area contributed by atoms with Crippen molar-refractivity contribution in [1.82, 2.24) is 0 Å². The Morgan fingerprint density at radius 3 is 2.02 bits per heavy atom. The van der Waals surface area contributed by atoms with Gasteiger partial charge in [-0.05, 0) is 173 Å². The lowest BCUT2D eigenvalue weighted by Crippen LogP contribution is -2.64. The van der Waals surface area contributed by atoms with Crippen LogP contribution < -0.4 is 0 Å². The van der Waals surface area contributed by atoms with Crippen LogP contribution in [0.15, 0.2) is 0 Å². The fourth-order valence-corrected chi connectivity index (χ4v) is 16.3. The summed E-state index contributed by atoms with van der Waals surface area (Å²) in [5, 5.41) is 11.5. The molecule has 0 radical (unpaired) electrons. The third kappa shape index (κ3) is 5.87. The molecule has 1 N–H and O–H groups in total. The Morgan fingerprint density at radius 2 is 1.43 bits per heavy atom. The minimum absolute atomic E-state index is 0.0261. The van der Waals surface area contributed by atoms with Crippen molar-refractivity contribution < 1.29 is 47.6 Å². The van der Waals surface area contributed by atoms with Crippen molar-refractivity contribution in [3.05, 3.63) is 0 Å². The predicted molar refractivity (Wildman–Crippen MR) is 203 cm³/mol. The molecule has 10 aliphatic carbocycles. The van der Waals surface area contributed by atoms with Crippen molar-refractivity contribution in [2.45, 2.75) is 199 Å². The molecule has 0 aromatic heterocycles. The molecule has 9 nitrogen and oxygen atoms in total. The molecule has 10 saturated carbocycles. The minimum Gasteiger partial charge on any atom is -0.459 e. The van der Waals surface area contributed by atoms with Gasteiger partial charge >= 0.3 is 23.9 Å². The first-order chi connectivity index (χ1) is 25.9. The average molecular weight is 783 g/mol. The molecule has 10 heteroatoms. The van der Waals surface area contributed by atoms with E-state index in [0.29, 0.717) is 49.4 Å². The van der Waals surface area contributed by atoms with Gasteiger partial charge in [-0.3, -0.25) is 14.4 Å².